The minimum atomic E-state index is 0.185. The van der Waals surface area contributed by atoms with Gasteiger partial charge in [0, 0.05) is 45.6 Å². The average molecular weight is 302 g/mol. The maximum Gasteiger partial charge on any atom is 0.148 e. The fraction of sp³-hybridized carbons (Fsp3) is 0.533. The molecule has 0 amide bonds. The fourth-order valence-corrected chi connectivity index (χ4v) is 2.61. The Morgan fingerprint density at radius 3 is 3.18 bits per heavy atom. The summed E-state index contributed by atoms with van der Waals surface area (Å²) in [7, 11) is 1.95. The van der Waals surface area contributed by atoms with Crippen molar-refractivity contribution in [2.75, 3.05) is 38.1 Å². The molecule has 3 heterocycles. The second-order valence-electron chi connectivity index (χ2n) is 5.56. The molecule has 2 aromatic rings. The zero-order valence-corrected chi connectivity index (χ0v) is 12.9. The molecule has 7 heteroatoms. The minimum absolute atomic E-state index is 0.185. The Bertz CT molecular complexity index is 572. The van der Waals surface area contributed by atoms with Crippen molar-refractivity contribution in [3.8, 4) is 0 Å². The third-order valence-electron chi connectivity index (χ3n) is 3.78. The van der Waals surface area contributed by atoms with Gasteiger partial charge < -0.3 is 10.1 Å². The number of morpholine rings is 1. The topological polar surface area (TPSA) is 68.1 Å². The van der Waals surface area contributed by atoms with Crippen LogP contribution in [-0.2, 0) is 18.2 Å². The molecule has 0 spiro atoms. The van der Waals surface area contributed by atoms with Crippen molar-refractivity contribution in [2.24, 2.45) is 7.05 Å². The summed E-state index contributed by atoms with van der Waals surface area (Å²) >= 11 is 0. The number of hydrogen-bond donors (Lipinski definition) is 1. The molecule has 1 atom stereocenters. The van der Waals surface area contributed by atoms with E-state index in [0.717, 1.165) is 45.0 Å². The highest BCUT2D eigenvalue weighted by molar-refractivity contribution is 5.31. The Kier molecular flexibility index (Phi) is 4.97. The quantitative estimate of drug-likeness (QED) is 0.841. The van der Waals surface area contributed by atoms with Gasteiger partial charge in [-0.2, -0.15) is 10.2 Å². The molecule has 22 heavy (non-hydrogen) atoms. The van der Waals surface area contributed by atoms with E-state index in [1.165, 1.54) is 5.56 Å². The lowest BCUT2D eigenvalue weighted by Gasteiger charge is -2.33. The maximum absolute atomic E-state index is 5.82. The molecule has 0 radical (unpaired) electrons. The number of rotatable bonds is 6. The smallest absolute Gasteiger partial charge is 0.148 e. The summed E-state index contributed by atoms with van der Waals surface area (Å²) in [5.74, 6) is 0.790. The van der Waals surface area contributed by atoms with Crippen LogP contribution in [-0.4, -0.2) is 63.8 Å². The third kappa shape index (κ3) is 4.25. The van der Waals surface area contributed by atoms with Crippen LogP contribution in [0.3, 0.4) is 0 Å². The largest absolute Gasteiger partial charge is 0.374 e. The highest BCUT2D eigenvalue weighted by atomic mass is 16.5. The van der Waals surface area contributed by atoms with Gasteiger partial charge in [-0.25, -0.2) is 0 Å². The Balaban J connectivity index is 1.43. The Hall–Kier alpha value is -1.99. The van der Waals surface area contributed by atoms with Crippen LogP contribution in [0.4, 0.5) is 5.82 Å². The van der Waals surface area contributed by atoms with Crippen LogP contribution in [0.25, 0.3) is 0 Å². The number of anilines is 1. The van der Waals surface area contributed by atoms with Crippen LogP contribution in [0.1, 0.15) is 5.56 Å². The van der Waals surface area contributed by atoms with E-state index in [4.69, 9.17) is 4.74 Å². The SMILES string of the molecule is Cn1cc(CCN2CCO[C@H](CNc3cccnn3)C2)cn1. The standard InChI is InChI=1S/C15H22N6O/c1-20-11-13(9-18-20)4-6-21-7-8-22-14(12-21)10-16-15-3-2-5-17-19-15/h2-3,5,9,11,14H,4,6-8,10,12H2,1H3,(H,16,19)/t14-/m1/s1. The Labute approximate surface area is 130 Å². The van der Waals surface area contributed by atoms with E-state index in [1.807, 2.05) is 30.1 Å². The molecule has 1 N–H and O–H groups in total. The summed E-state index contributed by atoms with van der Waals surface area (Å²) in [6.45, 7) is 4.49. The van der Waals surface area contributed by atoms with E-state index in [9.17, 15) is 0 Å². The summed E-state index contributed by atoms with van der Waals surface area (Å²) in [6.07, 6.45) is 6.89. The summed E-state index contributed by atoms with van der Waals surface area (Å²) in [5, 5.41) is 15.4. The van der Waals surface area contributed by atoms with Crippen LogP contribution in [0.15, 0.2) is 30.7 Å². The first-order valence-electron chi connectivity index (χ1n) is 7.62. The Morgan fingerprint density at radius 2 is 2.41 bits per heavy atom. The number of nitrogens with one attached hydrogen (secondary N) is 1. The number of hydrogen-bond acceptors (Lipinski definition) is 6. The van der Waals surface area contributed by atoms with E-state index >= 15 is 0 Å². The van der Waals surface area contributed by atoms with Gasteiger partial charge in [-0.1, -0.05) is 0 Å². The van der Waals surface area contributed by atoms with Crippen molar-refractivity contribution in [1.82, 2.24) is 24.9 Å². The van der Waals surface area contributed by atoms with Crippen molar-refractivity contribution in [3.63, 3.8) is 0 Å². The predicted molar refractivity (Wildman–Crippen MR) is 83.6 cm³/mol. The normalized spacial score (nSPS) is 19.2. The van der Waals surface area contributed by atoms with E-state index < -0.39 is 0 Å². The summed E-state index contributed by atoms with van der Waals surface area (Å²) < 4.78 is 7.67. The minimum Gasteiger partial charge on any atom is -0.374 e. The molecule has 1 fully saturated rings. The van der Waals surface area contributed by atoms with Gasteiger partial charge in [-0.05, 0) is 24.1 Å². The maximum atomic E-state index is 5.82. The molecule has 7 nitrogen and oxygen atoms in total. The first-order valence-corrected chi connectivity index (χ1v) is 7.62. The van der Waals surface area contributed by atoms with Crippen molar-refractivity contribution in [2.45, 2.75) is 12.5 Å². The van der Waals surface area contributed by atoms with Crippen molar-refractivity contribution < 1.29 is 4.74 Å². The number of aryl methyl sites for hydroxylation is 1. The zero-order chi connectivity index (χ0) is 15.2. The molecule has 2 aromatic heterocycles. The second kappa shape index (κ2) is 7.33. The van der Waals surface area contributed by atoms with Gasteiger partial charge in [-0.3, -0.25) is 9.58 Å². The first kappa shape index (κ1) is 14.9. The number of nitrogens with zero attached hydrogens (tertiary/aromatic N) is 5. The molecule has 1 aliphatic rings. The highest BCUT2D eigenvalue weighted by Gasteiger charge is 2.20. The first-order chi connectivity index (χ1) is 10.8. The molecule has 1 aliphatic heterocycles. The lowest BCUT2D eigenvalue weighted by molar-refractivity contribution is -0.0206. The fourth-order valence-electron chi connectivity index (χ4n) is 2.61. The lowest BCUT2D eigenvalue weighted by atomic mass is 10.2. The van der Waals surface area contributed by atoms with Gasteiger partial charge in [0.05, 0.1) is 18.9 Å². The van der Waals surface area contributed by atoms with Crippen molar-refractivity contribution in [3.05, 3.63) is 36.3 Å². The molecule has 0 saturated carbocycles. The van der Waals surface area contributed by atoms with Gasteiger partial charge in [0.2, 0.25) is 0 Å². The molecule has 0 bridgehead atoms. The van der Waals surface area contributed by atoms with Crippen LogP contribution in [0, 0.1) is 0 Å². The predicted octanol–water partition coefficient (Wildman–Crippen LogP) is 0.565. The van der Waals surface area contributed by atoms with Crippen molar-refractivity contribution >= 4 is 5.82 Å². The molecular formula is C15H22N6O. The number of aromatic nitrogens is 4. The van der Waals surface area contributed by atoms with Crippen molar-refractivity contribution in [1.29, 1.82) is 0 Å². The lowest BCUT2D eigenvalue weighted by Crippen LogP contribution is -2.45. The van der Waals surface area contributed by atoms with E-state index in [-0.39, 0.29) is 6.10 Å². The van der Waals surface area contributed by atoms with Crippen LogP contribution >= 0.6 is 0 Å². The van der Waals surface area contributed by atoms with Crippen LogP contribution in [0.5, 0.6) is 0 Å². The zero-order valence-electron chi connectivity index (χ0n) is 12.9. The van der Waals surface area contributed by atoms with Gasteiger partial charge >= 0.3 is 0 Å². The Morgan fingerprint density at radius 1 is 1.45 bits per heavy atom. The van der Waals surface area contributed by atoms with Crippen LogP contribution in [0.2, 0.25) is 0 Å². The molecular weight excluding hydrogens is 280 g/mol. The summed E-state index contributed by atoms with van der Waals surface area (Å²) in [4.78, 5) is 2.44. The van der Waals surface area contributed by atoms with E-state index in [1.54, 1.807) is 6.20 Å². The third-order valence-corrected chi connectivity index (χ3v) is 3.78. The molecule has 118 valence electrons. The van der Waals surface area contributed by atoms with Gasteiger partial charge in [-0.15, -0.1) is 5.10 Å². The van der Waals surface area contributed by atoms with Gasteiger partial charge in [0.15, 0.2) is 0 Å². The van der Waals surface area contributed by atoms with Gasteiger partial charge in [0.1, 0.15) is 5.82 Å². The summed E-state index contributed by atoms with van der Waals surface area (Å²) in [5.41, 5.74) is 1.28. The summed E-state index contributed by atoms with van der Waals surface area (Å²) in [6, 6.07) is 3.78. The van der Waals surface area contributed by atoms with E-state index in [0.29, 0.717) is 0 Å². The van der Waals surface area contributed by atoms with Crippen LogP contribution < -0.4 is 5.32 Å². The highest BCUT2D eigenvalue weighted by Crippen LogP contribution is 2.08. The number of ether oxygens (including phenoxy) is 1. The second-order valence-corrected chi connectivity index (χ2v) is 5.56. The monoisotopic (exact) mass is 302 g/mol. The average Bonchev–Trinajstić information content (AvgIpc) is 2.98. The van der Waals surface area contributed by atoms with E-state index in [2.05, 4.69) is 31.7 Å². The van der Waals surface area contributed by atoms with Gasteiger partial charge in [0.25, 0.3) is 0 Å². The molecule has 0 aliphatic carbocycles. The molecule has 0 unspecified atom stereocenters. The molecule has 1 saturated heterocycles. The molecule has 3 rings (SSSR count). The molecule has 0 aromatic carbocycles.